The maximum Gasteiger partial charge on any atom is 0.251 e. The summed E-state index contributed by atoms with van der Waals surface area (Å²) in [6.07, 6.45) is 3.08. The Balaban J connectivity index is 2.63. The Bertz CT molecular complexity index is 393. The van der Waals surface area contributed by atoms with Gasteiger partial charge in [0.15, 0.2) is 0 Å². The van der Waals surface area contributed by atoms with E-state index < -0.39 is 0 Å². The number of amides is 1. The van der Waals surface area contributed by atoms with Crippen LogP contribution in [0.1, 0.15) is 23.7 Å². The van der Waals surface area contributed by atoms with E-state index in [-0.39, 0.29) is 11.9 Å². The molecule has 100 valence electrons. The third kappa shape index (κ3) is 4.61. The van der Waals surface area contributed by atoms with Gasteiger partial charge in [0.25, 0.3) is 5.91 Å². The normalized spacial score (nSPS) is 12.0. The van der Waals surface area contributed by atoms with Crippen molar-refractivity contribution in [1.29, 1.82) is 0 Å². The largest absolute Gasteiger partial charge is 0.378 e. The minimum absolute atomic E-state index is 0.00676. The summed E-state index contributed by atoms with van der Waals surface area (Å²) >= 11 is 1.80. The molecule has 1 aromatic rings. The van der Waals surface area contributed by atoms with Gasteiger partial charge in [-0.3, -0.25) is 4.79 Å². The van der Waals surface area contributed by atoms with Gasteiger partial charge < -0.3 is 10.2 Å². The molecule has 0 fully saturated rings. The Morgan fingerprint density at radius 1 is 1.44 bits per heavy atom. The number of hydrogen-bond acceptors (Lipinski definition) is 3. The summed E-state index contributed by atoms with van der Waals surface area (Å²) in [5.74, 6) is 1.08. The molecular formula is C14H22N2OS. The SMILES string of the molecule is CSCCC(C)NC(=O)c1cccc(N(C)C)c1. The van der Waals surface area contributed by atoms with Gasteiger partial charge in [-0.25, -0.2) is 0 Å². The first kappa shape index (κ1) is 14.9. The van der Waals surface area contributed by atoms with Gasteiger partial charge in [0.05, 0.1) is 0 Å². The van der Waals surface area contributed by atoms with E-state index in [0.29, 0.717) is 0 Å². The zero-order valence-corrected chi connectivity index (χ0v) is 12.4. The summed E-state index contributed by atoms with van der Waals surface area (Å²) in [6.45, 7) is 2.05. The van der Waals surface area contributed by atoms with Crippen molar-refractivity contribution < 1.29 is 4.79 Å². The van der Waals surface area contributed by atoms with Crippen molar-refractivity contribution >= 4 is 23.4 Å². The van der Waals surface area contributed by atoms with E-state index in [4.69, 9.17) is 0 Å². The van der Waals surface area contributed by atoms with Crippen LogP contribution in [0.4, 0.5) is 5.69 Å². The lowest BCUT2D eigenvalue weighted by Gasteiger charge is -2.16. The molecule has 0 spiro atoms. The summed E-state index contributed by atoms with van der Waals surface area (Å²) in [7, 11) is 3.94. The molecule has 0 heterocycles. The summed E-state index contributed by atoms with van der Waals surface area (Å²) in [5.41, 5.74) is 1.76. The predicted molar refractivity (Wildman–Crippen MR) is 80.7 cm³/mol. The monoisotopic (exact) mass is 266 g/mol. The molecule has 0 bridgehead atoms. The highest BCUT2D eigenvalue weighted by atomic mass is 32.2. The summed E-state index contributed by atoms with van der Waals surface area (Å²) in [4.78, 5) is 14.1. The zero-order valence-electron chi connectivity index (χ0n) is 11.6. The highest BCUT2D eigenvalue weighted by Crippen LogP contribution is 2.13. The summed E-state index contributed by atoms with van der Waals surface area (Å²) in [6, 6.07) is 7.89. The van der Waals surface area contributed by atoms with Crippen molar-refractivity contribution in [2.24, 2.45) is 0 Å². The van der Waals surface area contributed by atoms with E-state index in [0.717, 1.165) is 23.4 Å². The number of anilines is 1. The van der Waals surface area contributed by atoms with Crippen molar-refractivity contribution in [1.82, 2.24) is 5.32 Å². The molecule has 1 amide bonds. The molecule has 0 aliphatic rings. The van der Waals surface area contributed by atoms with Gasteiger partial charge in [-0.2, -0.15) is 11.8 Å². The van der Waals surface area contributed by atoms with Gasteiger partial charge in [-0.15, -0.1) is 0 Å². The van der Waals surface area contributed by atoms with E-state index >= 15 is 0 Å². The van der Waals surface area contributed by atoms with Gasteiger partial charge in [0.1, 0.15) is 0 Å². The van der Waals surface area contributed by atoms with Crippen molar-refractivity contribution in [3.63, 3.8) is 0 Å². The molecule has 0 aliphatic carbocycles. The number of benzene rings is 1. The Morgan fingerprint density at radius 3 is 2.78 bits per heavy atom. The Morgan fingerprint density at radius 2 is 2.17 bits per heavy atom. The summed E-state index contributed by atoms with van der Waals surface area (Å²) < 4.78 is 0. The lowest BCUT2D eigenvalue weighted by molar-refractivity contribution is 0.0939. The lowest BCUT2D eigenvalue weighted by atomic mass is 10.1. The molecule has 1 rings (SSSR count). The number of nitrogens with one attached hydrogen (secondary N) is 1. The van der Waals surface area contributed by atoms with Crippen molar-refractivity contribution in [3.8, 4) is 0 Å². The molecule has 3 nitrogen and oxygen atoms in total. The number of rotatable bonds is 6. The molecule has 1 atom stereocenters. The highest BCUT2D eigenvalue weighted by molar-refractivity contribution is 7.98. The van der Waals surface area contributed by atoms with Gasteiger partial charge in [-0.05, 0) is 43.6 Å². The summed E-state index contributed by atoms with van der Waals surface area (Å²) in [5, 5.41) is 3.03. The molecular weight excluding hydrogens is 244 g/mol. The second-order valence-corrected chi connectivity index (χ2v) is 5.59. The minimum Gasteiger partial charge on any atom is -0.378 e. The molecule has 1 aromatic carbocycles. The van der Waals surface area contributed by atoms with Gasteiger partial charge in [0.2, 0.25) is 0 Å². The van der Waals surface area contributed by atoms with Gasteiger partial charge in [0, 0.05) is 31.4 Å². The second-order valence-electron chi connectivity index (χ2n) is 4.60. The average molecular weight is 266 g/mol. The minimum atomic E-state index is 0.00676. The standard InChI is InChI=1S/C14H22N2OS/c1-11(8-9-18-4)15-14(17)12-6-5-7-13(10-12)16(2)3/h5-7,10-11H,8-9H2,1-4H3,(H,15,17). The zero-order chi connectivity index (χ0) is 13.5. The fraction of sp³-hybridized carbons (Fsp3) is 0.500. The number of carbonyl (C=O) groups is 1. The van der Waals surface area contributed by atoms with Crippen LogP contribution in [-0.4, -0.2) is 38.1 Å². The molecule has 0 saturated heterocycles. The Labute approximate surface area is 114 Å². The fourth-order valence-electron chi connectivity index (χ4n) is 1.60. The molecule has 18 heavy (non-hydrogen) atoms. The van der Waals surface area contributed by atoms with E-state index in [2.05, 4.69) is 11.6 Å². The van der Waals surface area contributed by atoms with E-state index in [9.17, 15) is 4.79 Å². The molecule has 0 aliphatic heterocycles. The maximum absolute atomic E-state index is 12.1. The first-order chi connectivity index (χ1) is 8.54. The highest BCUT2D eigenvalue weighted by Gasteiger charge is 2.10. The van der Waals surface area contributed by atoms with Gasteiger partial charge >= 0.3 is 0 Å². The van der Waals surface area contributed by atoms with Crippen molar-refractivity contribution in [2.45, 2.75) is 19.4 Å². The van der Waals surface area contributed by atoms with E-state index in [1.54, 1.807) is 11.8 Å². The Hall–Kier alpha value is -1.16. The molecule has 4 heteroatoms. The van der Waals surface area contributed by atoms with Crippen LogP contribution in [0.15, 0.2) is 24.3 Å². The number of hydrogen-bond donors (Lipinski definition) is 1. The topological polar surface area (TPSA) is 32.3 Å². The van der Waals surface area contributed by atoms with Crippen LogP contribution >= 0.6 is 11.8 Å². The van der Waals surface area contributed by atoms with Crippen molar-refractivity contribution in [3.05, 3.63) is 29.8 Å². The fourth-order valence-corrected chi connectivity index (χ4v) is 2.19. The third-order valence-electron chi connectivity index (χ3n) is 2.76. The van der Waals surface area contributed by atoms with Gasteiger partial charge in [-0.1, -0.05) is 6.07 Å². The number of carbonyl (C=O) groups excluding carboxylic acids is 1. The smallest absolute Gasteiger partial charge is 0.251 e. The number of thioether (sulfide) groups is 1. The van der Waals surface area contributed by atoms with Crippen LogP contribution in [0.5, 0.6) is 0 Å². The van der Waals surface area contributed by atoms with Crippen LogP contribution in [0.25, 0.3) is 0 Å². The second kappa shape index (κ2) is 7.31. The Kier molecular flexibility index (Phi) is 6.05. The average Bonchev–Trinajstić information content (AvgIpc) is 2.36. The quantitative estimate of drug-likeness (QED) is 0.859. The molecule has 1 N–H and O–H groups in total. The van der Waals surface area contributed by atoms with Crippen LogP contribution < -0.4 is 10.2 Å². The number of nitrogens with zero attached hydrogens (tertiary/aromatic N) is 1. The lowest BCUT2D eigenvalue weighted by Crippen LogP contribution is -2.33. The van der Waals surface area contributed by atoms with Crippen LogP contribution in [-0.2, 0) is 0 Å². The molecule has 0 radical (unpaired) electrons. The predicted octanol–water partition coefficient (Wildman–Crippen LogP) is 2.62. The van der Waals surface area contributed by atoms with Crippen molar-refractivity contribution in [2.75, 3.05) is 31.0 Å². The van der Waals surface area contributed by atoms with Crippen LogP contribution in [0, 0.1) is 0 Å². The first-order valence-electron chi connectivity index (χ1n) is 6.11. The molecule has 0 aromatic heterocycles. The van der Waals surface area contributed by atoms with Crippen LogP contribution in [0.2, 0.25) is 0 Å². The first-order valence-corrected chi connectivity index (χ1v) is 7.51. The molecule has 0 saturated carbocycles. The molecule has 1 unspecified atom stereocenters. The van der Waals surface area contributed by atoms with E-state index in [1.165, 1.54) is 0 Å². The van der Waals surface area contributed by atoms with E-state index in [1.807, 2.05) is 50.2 Å². The maximum atomic E-state index is 12.1. The van der Waals surface area contributed by atoms with Crippen LogP contribution in [0.3, 0.4) is 0 Å². The third-order valence-corrected chi connectivity index (χ3v) is 3.40.